The molecule has 1 heterocycles. The summed E-state index contributed by atoms with van der Waals surface area (Å²) in [5.74, 6) is 0.378. The van der Waals surface area contributed by atoms with Gasteiger partial charge in [0.05, 0.1) is 11.9 Å². The molecule has 27 heavy (non-hydrogen) atoms. The number of nitrogens with one attached hydrogen (secondary N) is 1. The number of benzene rings is 2. The highest BCUT2D eigenvalue weighted by molar-refractivity contribution is 5.51. The number of para-hydroxylation sites is 2. The predicted molar refractivity (Wildman–Crippen MR) is 105 cm³/mol. The van der Waals surface area contributed by atoms with Crippen molar-refractivity contribution in [1.29, 1.82) is 0 Å². The van der Waals surface area contributed by atoms with Crippen LogP contribution in [0.5, 0.6) is 5.75 Å². The van der Waals surface area contributed by atoms with Crippen LogP contribution in [0.2, 0.25) is 0 Å². The van der Waals surface area contributed by atoms with Crippen molar-refractivity contribution in [1.82, 2.24) is 10.2 Å². The number of hydrogen-bond donors (Lipinski definition) is 3. The minimum absolute atomic E-state index is 0.165. The molecule has 6 heteroatoms. The zero-order chi connectivity index (χ0) is 19.1. The molecule has 0 aliphatic carbocycles. The first-order chi connectivity index (χ1) is 13.1. The molecule has 0 aromatic heterocycles. The summed E-state index contributed by atoms with van der Waals surface area (Å²) in [6.07, 6.45) is 2.81. The van der Waals surface area contributed by atoms with Crippen LogP contribution in [0.15, 0.2) is 48.5 Å². The van der Waals surface area contributed by atoms with Crippen LogP contribution in [-0.4, -0.2) is 42.0 Å². The van der Waals surface area contributed by atoms with Gasteiger partial charge in [-0.25, -0.2) is 4.39 Å². The molecule has 1 aliphatic heterocycles. The fourth-order valence-electron chi connectivity index (χ4n) is 3.41. The number of rotatable bonds is 8. The van der Waals surface area contributed by atoms with Crippen molar-refractivity contribution in [2.75, 3.05) is 25.4 Å². The molecule has 0 radical (unpaired) electrons. The molecular weight excluding hydrogens is 345 g/mol. The molecule has 2 aromatic rings. The Kier molecular flexibility index (Phi) is 7.04. The van der Waals surface area contributed by atoms with E-state index in [0.717, 1.165) is 31.4 Å². The van der Waals surface area contributed by atoms with Crippen LogP contribution < -0.4 is 15.8 Å². The highest BCUT2D eigenvalue weighted by Crippen LogP contribution is 2.20. The standard InChI is InChI=1S/C21H28FN3O2/c22-17-7-5-6-16(12-17)14-25-11-4-3-10-21(25)24-13-18(26)15-27-20-9-2-1-8-19(20)23/h1-2,5-9,12,18,21,24,26H,3-4,10-11,13-15,23H2. The minimum atomic E-state index is -0.637. The van der Waals surface area contributed by atoms with Crippen LogP contribution in [0.1, 0.15) is 24.8 Å². The lowest BCUT2D eigenvalue weighted by molar-refractivity contribution is 0.0706. The average Bonchev–Trinajstić information content (AvgIpc) is 2.67. The zero-order valence-corrected chi connectivity index (χ0v) is 15.5. The maximum Gasteiger partial charge on any atom is 0.142 e. The number of likely N-dealkylation sites (tertiary alicyclic amines) is 1. The van der Waals surface area contributed by atoms with Gasteiger partial charge in [-0.1, -0.05) is 24.3 Å². The number of hydrogen-bond acceptors (Lipinski definition) is 5. The second-order valence-electron chi connectivity index (χ2n) is 7.02. The molecule has 1 fully saturated rings. The summed E-state index contributed by atoms with van der Waals surface area (Å²) < 4.78 is 19.0. The van der Waals surface area contributed by atoms with Crippen molar-refractivity contribution in [2.45, 2.75) is 38.1 Å². The molecule has 146 valence electrons. The number of aliphatic hydroxyl groups excluding tert-OH is 1. The summed E-state index contributed by atoms with van der Waals surface area (Å²) in [7, 11) is 0. The molecule has 0 spiro atoms. The van der Waals surface area contributed by atoms with Crippen molar-refractivity contribution in [3.05, 3.63) is 59.9 Å². The Morgan fingerprint density at radius 3 is 2.89 bits per heavy atom. The third-order valence-corrected chi connectivity index (χ3v) is 4.83. The maximum absolute atomic E-state index is 13.4. The fraction of sp³-hybridized carbons (Fsp3) is 0.429. The van der Waals surface area contributed by atoms with Crippen molar-refractivity contribution >= 4 is 5.69 Å². The van der Waals surface area contributed by atoms with Gasteiger partial charge in [-0.15, -0.1) is 0 Å². The number of piperidine rings is 1. The molecule has 0 saturated carbocycles. The molecule has 2 aromatic carbocycles. The van der Waals surface area contributed by atoms with Gasteiger partial charge in [0.15, 0.2) is 0 Å². The molecule has 2 atom stereocenters. The molecule has 2 unspecified atom stereocenters. The van der Waals surface area contributed by atoms with E-state index in [1.54, 1.807) is 24.3 Å². The third-order valence-electron chi connectivity index (χ3n) is 4.83. The Hall–Kier alpha value is -2.15. The van der Waals surface area contributed by atoms with Crippen LogP contribution in [0.4, 0.5) is 10.1 Å². The van der Waals surface area contributed by atoms with Crippen LogP contribution in [0, 0.1) is 5.82 Å². The lowest BCUT2D eigenvalue weighted by Crippen LogP contribution is -2.50. The van der Waals surface area contributed by atoms with Gasteiger partial charge in [0.2, 0.25) is 0 Å². The van der Waals surface area contributed by atoms with Crippen LogP contribution in [0.3, 0.4) is 0 Å². The highest BCUT2D eigenvalue weighted by atomic mass is 19.1. The van der Waals surface area contributed by atoms with E-state index >= 15 is 0 Å². The quantitative estimate of drug-likeness (QED) is 0.621. The predicted octanol–water partition coefficient (Wildman–Crippen LogP) is 2.75. The van der Waals surface area contributed by atoms with Crippen molar-refractivity contribution in [2.24, 2.45) is 0 Å². The van der Waals surface area contributed by atoms with E-state index in [2.05, 4.69) is 10.2 Å². The zero-order valence-electron chi connectivity index (χ0n) is 15.5. The Morgan fingerprint density at radius 2 is 2.07 bits per heavy atom. The van der Waals surface area contributed by atoms with Gasteiger partial charge in [0, 0.05) is 13.1 Å². The summed E-state index contributed by atoms with van der Waals surface area (Å²) in [4.78, 5) is 2.31. The van der Waals surface area contributed by atoms with Gasteiger partial charge in [0.25, 0.3) is 0 Å². The molecule has 1 saturated heterocycles. The number of aliphatic hydroxyl groups is 1. The molecule has 1 aliphatic rings. The van der Waals surface area contributed by atoms with Gasteiger partial charge in [0.1, 0.15) is 24.3 Å². The molecule has 4 N–H and O–H groups in total. The van der Waals surface area contributed by atoms with Gasteiger partial charge in [-0.2, -0.15) is 0 Å². The largest absolute Gasteiger partial charge is 0.489 e. The first-order valence-corrected chi connectivity index (χ1v) is 9.49. The maximum atomic E-state index is 13.4. The van der Waals surface area contributed by atoms with Gasteiger partial charge in [-0.05, 0) is 55.6 Å². The summed E-state index contributed by atoms with van der Waals surface area (Å²) >= 11 is 0. The van der Waals surface area contributed by atoms with E-state index in [1.807, 2.05) is 18.2 Å². The number of nitrogens with two attached hydrogens (primary N) is 1. The summed E-state index contributed by atoms with van der Waals surface area (Å²) in [6.45, 7) is 2.26. The van der Waals surface area contributed by atoms with Gasteiger partial charge in [-0.3, -0.25) is 10.2 Å². The van der Waals surface area contributed by atoms with Crippen molar-refractivity contribution < 1.29 is 14.2 Å². The Labute approximate surface area is 159 Å². The molecule has 0 amide bonds. The van der Waals surface area contributed by atoms with Crippen molar-refractivity contribution in [3.63, 3.8) is 0 Å². The van der Waals surface area contributed by atoms with E-state index in [4.69, 9.17) is 10.5 Å². The smallest absolute Gasteiger partial charge is 0.142 e. The Morgan fingerprint density at radius 1 is 1.22 bits per heavy atom. The second kappa shape index (κ2) is 9.69. The molecule has 3 rings (SSSR count). The third kappa shape index (κ3) is 5.92. The van der Waals surface area contributed by atoms with E-state index in [1.165, 1.54) is 6.07 Å². The number of ether oxygens (including phenoxy) is 1. The monoisotopic (exact) mass is 373 g/mol. The van der Waals surface area contributed by atoms with Crippen LogP contribution in [0.25, 0.3) is 0 Å². The lowest BCUT2D eigenvalue weighted by atomic mass is 10.1. The van der Waals surface area contributed by atoms with Crippen molar-refractivity contribution in [3.8, 4) is 5.75 Å². The lowest BCUT2D eigenvalue weighted by Gasteiger charge is -2.36. The molecule has 5 nitrogen and oxygen atoms in total. The van der Waals surface area contributed by atoms with Gasteiger partial charge >= 0.3 is 0 Å². The highest BCUT2D eigenvalue weighted by Gasteiger charge is 2.23. The average molecular weight is 373 g/mol. The number of halogens is 1. The SMILES string of the molecule is Nc1ccccc1OCC(O)CNC1CCCCN1Cc1cccc(F)c1. The number of nitrogens with zero attached hydrogens (tertiary/aromatic N) is 1. The summed E-state index contributed by atoms with van der Waals surface area (Å²) in [5.41, 5.74) is 7.37. The van der Waals surface area contributed by atoms with Crippen LogP contribution >= 0.6 is 0 Å². The van der Waals surface area contributed by atoms with Crippen LogP contribution in [-0.2, 0) is 6.54 Å². The second-order valence-corrected chi connectivity index (χ2v) is 7.02. The first kappa shape index (κ1) is 19.6. The van der Waals surface area contributed by atoms with E-state index in [0.29, 0.717) is 24.5 Å². The minimum Gasteiger partial charge on any atom is -0.489 e. The topological polar surface area (TPSA) is 70.8 Å². The summed E-state index contributed by atoms with van der Waals surface area (Å²) in [5, 5.41) is 13.7. The Balaban J connectivity index is 1.48. The van der Waals surface area contributed by atoms with E-state index in [9.17, 15) is 9.50 Å². The summed E-state index contributed by atoms with van der Waals surface area (Å²) in [6, 6.07) is 14.0. The molecular formula is C21H28FN3O2. The molecule has 0 bridgehead atoms. The normalized spacial score (nSPS) is 19.0. The van der Waals surface area contributed by atoms with E-state index < -0.39 is 6.10 Å². The Bertz CT molecular complexity index is 728. The fourth-order valence-corrected chi connectivity index (χ4v) is 3.41. The number of anilines is 1. The first-order valence-electron chi connectivity index (χ1n) is 9.49. The van der Waals surface area contributed by atoms with Gasteiger partial charge < -0.3 is 15.6 Å². The number of nitrogen functional groups attached to an aromatic ring is 1. The van der Waals surface area contributed by atoms with E-state index in [-0.39, 0.29) is 18.6 Å².